The fourth-order valence-electron chi connectivity index (χ4n) is 5.34. The van der Waals surface area contributed by atoms with Crippen molar-refractivity contribution in [2.45, 2.75) is 18.9 Å². The van der Waals surface area contributed by atoms with Gasteiger partial charge in [0.15, 0.2) is 0 Å². The molecule has 1 atom stereocenters. The Hall–Kier alpha value is -3.81. The Bertz CT molecular complexity index is 1360. The topological polar surface area (TPSA) is 65.0 Å². The minimum atomic E-state index is -0.181. The Morgan fingerprint density at radius 1 is 0.949 bits per heavy atom. The molecule has 1 aromatic heterocycles. The van der Waals surface area contributed by atoms with E-state index in [1.165, 1.54) is 5.56 Å². The van der Waals surface area contributed by atoms with Gasteiger partial charge >= 0.3 is 0 Å². The Balaban J connectivity index is 1.47. The molecule has 1 N–H and O–H groups in total. The predicted molar refractivity (Wildman–Crippen MR) is 154 cm³/mol. The standard InChI is InChI=1S/C32H37N3O4/c1-37-26-18-25(19-27(20-26)38-2)29(21-32(36)33-12-13-34-14-16-39-17-15-34)30-23-35(22-24-8-4-3-5-9-24)31-11-7-6-10-28(30)31/h3-11,18-20,23,29H,12-17,21-22H2,1-2H3,(H,33,36)/t29-/m0/s1. The average molecular weight is 528 g/mol. The average Bonchev–Trinajstić information content (AvgIpc) is 3.34. The molecule has 0 saturated carbocycles. The van der Waals surface area contributed by atoms with E-state index in [4.69, 9.17) is 14.2 Å². The molecule has 39 heavy (non-hydrogen) atoms. The zero-order valence-electron chi connectivity index (χ0n) is 22.8. The second-order valence-corrected chi connectivity index (χ2v) is 9.92. The number of para-hydroxylation sites is 1. The van der Waals surface area contributed by atoms with Gasteiger partial charge in [-0.3, -0.25) is 9.69 Å². The van der Waals surface area contributed by atoms with Gasteiger partial charge in [-0.1, -0.05) is 48.5 Å². The van der Waals surface area contributed by atoms with Crippen LogP contribution in [-0.2, 0) is 16.1 Å². The lowest BCUT2D eigenvalue weighted by molar-refractivity contribution is -0.121. The monoisotopic (exact) mass is 527 g/mol. The van der Waals surface area contributed by atoms with Gasteiger partial charge in [0.1, 0.15) is 11.5 Å². The van der Waals surface area contributed by atoms with E-state index < -0.39 is 0 Å². The van der Waals surface area contributed by atoms with Crippen LogP contribution in [0.4, 0.5) is 0 Å². The van der Waals surface area contributed by atoms with Crippen LogP contribution in [0.3, 0.4) is 0 Å². The minimum Gasteiger partial charge on any atom is -0.497 e. The maximum atomic E-state index is 13.4. The molecule has 0 spiro atoms. The quantitative estimate of drug-likeness (QED) is 0.307. The first-order valence-electron chi connectivity index (χ1n) is 13.6. The molecule has 0 bridgehead atoms. The summed E-state index contributed by atoms with van der Waals surface area (Å²) < 4.78 is 18.9. The highest BCUT2D eigenvalue weighted by Gasteiger charge is 2.24. The van der Waals surface area contributed by atoms with Gasteiger partial charge in [0.05, 0.1) is 27.4 Å². The van der Waals surface area contributed by atoms with Crippen LogP contribution in [0.2, 0.25) is 0 Å². The highest BCUT2D eigenvalue weighted by atomic mass is 16.5. The number of carbonyl (C=O) groups excluding carboxylic acids is 1. The molecule has 0 unspecified atom stereocenters. The summed E-state index contributed by atoms with van der Waals surface area (Å²) in [7, 11) is 3.30. The van der Waals surface area contributed by atoms with Gasteiger partial charge in [0.2, 0.25) is 5.91 Å². The summed E-state index contributed by atoms with van der Waals surface area (Å²) in [5.74, 6) is 1.25. The number of aromatic nitrogens is 1. The molecule has 1 aliphatic heterocycles. The molecule has 0 aliphatic carbocycles. The van der Waals surface area contributed by atoms with Crippen LogP contribution in [0.1, 0.15) is 29.0 Å². The number of hydrogen-bond donors (Lipinski definition) is 1. The van der Waals surface area contributed by atoms with Crippen molar-refractivity contribution in [2.24, 2.45) is 0 Å². The zero-order valence-corrected chi connectivity index (χ0v) is 22.8. The summed E-state index contributed by atoms with van der Waals surface area (Å²) in [4.78, 5) is 15.7. The van der Waals surface area contributed by atoms with E-state index in [2.05, 4.69) is 69.5 Å². The van der Waals surface area contributed by atoms with Crippen molar-refractivity contribution >= 4 is 16.8 Å². The summed E-state index contributed by atoms with van der Waals surface area (Å²) in [6.45, 7) is 5.50. The van der Waals surface area contributed by atoms with Crippen LogP contribution in [-0.4, -0.2) is 69.0 Å². The second kappa shape index (κ2) is 12.8. The maximum absolute atomic E-state index is 13.4. The van der Waals surface area contributed by atoms with Crippen molar-refractivity contribution < 1.29 is 19.0 Å². The summed E-state index contributed by atoms with van der Waals surface area (Å²) in [6, 6.07) is 24.7. The van der Waals surface area contributed by atoms with E-state index in [0.29, 0.717) is 24.5 Å². The van der Waals surface area contributed by atoms with Crippen molar-refractivity contribution in [3.05, 3.63) is 95.7 Å². The van der Waals surface area contributed by atoms with E-state index in [1.54, 1.807) is 14.2 Å². The Morgan fingerprint density at radius 3 is 2.36 bits per heavy atom. The fraction of sp³-hybridized carbons (Fsp3) is 0.344. The number of amides is 1. The summed E-state index contributed by atoms with van der Waals surface area (Å²) in [5, 5.41) is 4.30. The largest absolute Gasteiger partial charge is 0.497 e. The van der Waals surface area contributed by atoms with Crippen LogP contribution in [0, 0.1) is 0 Å². The maximum Gasteiger partial charge on any atom is 0.220 e. The van der Waals surface area contributed by atoms with Gasteiger partial charge in [-0.25, -0.2) is 0 Å². The molecule has 1 amide bonds. The predicted octanol–water partition coefficient (Wildman–Crippen LogP) is 4.68. The lowest BCUT2D eigenvalue weighted by Crippen LogP contribution is -2.41. The Labute approximate surface area is 230 Å². The lowest BCUT2D eigenvalue weighted by atomic mass is 9.87. The number of rotatable bonds is 11. The molecule has 7 heteroatoms. The van der Waals surface area contributed by atoms with Gasteiger partial charge in [-0.2, -0.15) is 0 Å². The Kier molecular flexibility index (Phi) is 8.81. The van der Waals surface area contributed by atoms with Gasteiger partial charge < -0.3 is 24.1 Å². The first kappa shape index (κ1) is 26.8. The highest BCUT2D eigenvalue weighted by Crippen LogP contribution is 2.38. The fourth-order valence-corrected chi connectivity index (χ4v) is 5.34. The van der Waals surface area contributed by atoms with E-state index in [1.807, 2.05) is 24.3 Å². The van der Waals surface area contributed by atoms with E-state index in [-0.39, 0.29) is 11.8 Å². The van der Waals surface area contributed by atoms with Crippen LogP contribution < -0.4 is 14.8 Å². The third-order valence-corrected chi connectivity index (χ3v) is 7.41. The van der Waals surface area contributed by atoms with Gasteiger partial charge in [0.25, 0.3) is 0 Å². The minimum absolute atomic E-state index is 0.0231. The van der Waals surface area contributed by atoms with Crippen LogP contribution in [0.5, 0.6) is 11.5 Å². The molecule has 1 fully saturated rings. The molecule has 2 heterocycles. The van der Waals surface area contributed by atoms with Gasteiger partial charge in [-0.05, 0) is 34.9 Å². The Morgan fingerprint density at radius 2 is 1.64 bits per heavy atom. The molecular formula is C32H37N3O4. The van der Waals surface area contributed by atoms with E-state index in [9.17, 15) is 4.79 Å². The molecule has 1 saturated heterocycles. The van der Waals surface area contributed by atoms with Crippen LogP contribution in [0.15, 0.2) is 79.0 Å². The third-order valence-electron chi connectivity index (χ3n) is 7.41. The highest BCUT2D eigenvalue weighted by molar-refractivity contribution is 5.87. The number of nitrogens with zero attached hydrogens (tertiary/aromatic N) is 2. The number of ether oxygens (including phenoxy) is 3. The molecule has 0 radical (unpaired) electrons. The molecule has 5 rings (SSSR count). The number of benzene rings is 3. The number of hydrogen-bond acceptors (Lipinski definition) is 5. The van der Waals surface area contributed by atoms with E-state index >= 15 is 0 Å². The summed E-state index contributed by atoms with van der Waals surface area (Å²) >= 11 is 0. The molecule has 7 nitrogen and oxygen atoms in total. The number of morpholine rings is 1. The SMILES string of the molecule is COc1cc(OC)cc([C@H](CC(=O)NCCN2CCOCC2)c2cn(Cc3ccccc3)c3ccccc23)c1. The molecule has 204 valence electrons. The lowest BCUT2D eigenvalue weighted by Gasteiger charge is -2.26. The van der Waals surface area contributed by atoms with Crippen molar-refractivity contribution in [1.29, 1.82) is 0 Å². The number of fused-ring (bicyclic) bond motifs is 1. The number of methoxy groups -OCH3 is 2. The van der Waals surface area contributed by atoms with Crippen molar-refractivity contribution in [2.75, 3.05) is 53.6 Å². The number of nitrogens with one attached hydrogen (secondary N) is 1. The smallest absolute Gasteiger partial charge is 0.220 e. The number of carbonyl (C=O) groups is 1. The van der Waals surface area contributed by atoms with Crippen LogP contribution in [0.25, 0.3) is 10.9 Å². The third kappa shape index (κ3) is 6.61. The molecule has 4 aromatic rings. The molecule has 3 aromatic carbocycles. The first-order chi connectivity index (χ1) is 19.1. The molecular weight excluding hydrogens is 490 g/mol. The molecule has 1 aliphatic rings. The van der Waals surface area contributed by atoms with Gasteiger partial charge in [-0.15, -0.1) is 0 Å². The van der Waals surface area contributed by atoms with E-state index in [0.717, 1.165) is 61.4 Å². The summed E-state index contributed by atoms with van der Waals surface area (Å²) in [6.07, 6.45) is 2.52. The summed E-state index contributed by atoms with van der Waals surface area (Å²) in [5.41, 5.74) is 4.46. The normalized spacial score (nSPS) is 14.7. The van der Waals surface area contributed by atoms with Crippen LogP contribution >= 0.6 is 0 Å². The second-order valence-electron chi connectivity index (χ2n) is 9.92. The van der Waals surface area contributed by atoms with Crippen molar-refractivity contribution in [3.8, 4) is 11.5 Å². The van der Waals surface area contributed by atoms with Gasteiger partial charge in [0, 0.05) is 68.2 Å². The van der Waals surface area contributed by atoms with Crippen molar-refractivity contribution in [1.82, 2.24) is 14.8 Å². The zero-order chi connectivity index (χ0) is 27.0. The first-order valence-corrected chi connectivity index (χ1v) is 13.6. The van der Waals surface area contributed by atoms with Crippen molar-refractivity contribution in [3.63, 3.8) is 0 Å².